The number of hydrogen-bond acceptors (Lipinski definition) is 3. The second-order valence-electron chi connectivity index (χ2n) is 7.67. The number of halogens is 1. The monoisotopic (exact) mass is 293 g/mol. The third-order valence-electron chi connectivity index (χ3n) is 4.02. The van der Waals surface area contributed by atoms with Crippen LogP contribution >= 0.6 is 0 Å². The topological polar surface area (TPSA) is 68.0 Å². The van der Waals surface area contributed by atoms with Gasteiger partial charge in [-0.25, -0.2) is 9.37 Å². The van der Waals surface area contributed by atoms with E-state index in [1.165, 1.54) is 0 Å². The van der Waals surface area contributed by atoms with Gasteiger partial charge in [-0.1, -0.05) is 27.7 Å². The van der Waals surface area contributed by atoms with Crippen molar-refractivity contribution >= 4 is 11.7 Å². The highest BCUT2D eigenvalue weighted by molar-refractivity contribution is 5.98. The Morgan fingerprint density at radius 1 is 1.33 bits per heavy atom. The highest BCUT2D eigenvalue weighted by Gasteiger charge is 2.39. The smallest absolute Gasteiger partial charge is 0.255 e. The lowest BCUT2D eigenvalue weighted by Gasteiger charge is -2.45. The van der Waals surface area contributed by atoms with Gasteiger partial charge in [-0.3, -0.25) is 4.79 Å². The van der Waals surface area contributed by atoms with Crippen LogP contribution in [-0.2, 0) is 0 Å². The predicted octanol–water partition coefficient (Wildman–Crippen LogP) is 3.14. The first-order valence-corrected chi connectivity index (χ1v) is 7.30. The van der Waals surface area contributed by atoms with Crippen LogP contribution in [0.15, 0.2) is 12.3 Å². The van der Waals surface area contributed by atoms with E-state index in [0.717, 1.165) is 31.5 Å². The number of aromatic nitrogens is 1. The van der Waals surface area contributed by atoms with Gasteiger partial charge in [0.25, 0.3) is 5.91 Å². The van der Waals surface area contributed by atoms with E-state index in [2.05, 4.69) is 38.0 Å². The number of nitrogens with two attached hydrogens (primary N) is 1. The second kappa shape index (κ2) is 5.28. The van der Waals surface area contributed by atoms with Crippen LogP contribution in [0.5, 0.6) is 0 Å². The molecule has 0 radical (unpaired) electrons. The minimum Gasteiger partial charge on any atom is -0.383 e. The molecule has 1 aliphatic carbocycles. The molecule has 1 aromatic heterocycles. The number of nitrogen functional groups attached to an aromatic ring is 1. The van der Waals surface area contributed by atoms with E-state index in [1.807, 2.05) is 0 Å². The summed E-state index contributed by atoms with van der Waals surface area (Å²) in [6, 6.07) is 1.20. The number of nitrogens with zero attached hydrogens (tertiary/aromatic N) is 1. The maximum absolute atomic E-state index is 13.2. The van der Waals surface area contributed by atoms with Crippen molar-refractivity contribution in [1.29, 1.82) is 0 Å². The molecule has 3 N–H and O–H groups in total. The van der Waals surface area contributed by atoms with Crippen molar-refractivity contribution in [3.8, 4) is 0 Å². The first-order chi connectivity index (χ1) is 9.58. The second-order valence-corrected chi connectivity index (χ2v) is 7.67. The van der Waals surface area contributed by atoms with Gasteiger partial charge in [0.05, 0.1) is 11.8 Å². The molecular weight excluding hydrogens is 269 g/mol. The lowest BCUT2D eigenvalue weighted by atomic mass is 9.63. The Kier molecular flexibility index (Phi) is 3.95. The Labute approximate surface area is 125 Å². The molecule has 0 bridgehead atoms. The van der Waals surface area contributed by atoms with Crippen molar-refractivity contribution in [2.75, 3.05) is 5.73 Å². The van der Waals surface area contributed by atoms with Gasteiger partial charge >= 0.3 is 0 Å². The van der Waals surface area contributed by atoms with Crippen molar-refractivity contribution in [1.82, 2.24) is 10.3 Å². The van der Waals surface area contributed by atoms with E-state index < -0.39 is 5.82 Å². The zero-order valence-corrected chi connectivity index (χ0v) is 13.2. The fraction of sp³-hybridized carbons (Fsp3) is 0.625. The molecule has 0 saturated heterocycles. The largest absolute Gasteiger partial charge is 0.383 e. The molecule has 2 rings (SSSR count). The molecule has 1 aromatic rings. The maximum atomic E-state index is 13.2. The number of carbonyl (C=O) groups is 1. The van der Waals surface area contributed by atoms with Gasteiger partial charge in [-0.2, -0.15) is 0 Å². The maximum Gasteiger partial charge on any atom is 0.255 e. The van der Waals surface area contributed by atoms with Crippen LogP contribution in [0.3, 0.4) is 0 Å². The van der Waals surface area contributed by atoms with E-state index in [1.54, 1.807) is 0 Å². The van der Waals surface area contributed by atoms with Crippen LogP contribution in [0.2, 0.25) is 0 Å². The van der Waals surface area contributed by atoms with Crippen LogP contribution in [0.25, 0.3) is 0 Å². The fourth-order valence-corrected chi connectivity index (χ4v) is 3.84. The Hall–Kier alpha value is -1.65. The average molecular weight is 293 g/mol. The lowest BCUT2D eigenvalue weighted by molar-refractivity contribution is 0.0714. The third-order valence-corrected chi connectivity index (χ3v) is 4.02. The third kappa shape index (κ3) is 3.93. The average Bonchev–Trinajstić information content (AvgIpc) is 2.27. The molecule has 5 heteroatoms. The minimum absolute atomic E-state index is 0.0585. The zero-order valence-electron chi connectivity index (χ0n) is 13.2. The molecule has 1 aliphatic rings. The van der Waals surface area contributed by atoms with E-state index in [0.29, 0.717) is 0 Å². The van der Waals surface area contributed by atoms with Gasteiger partial charge in [-0.05, 0) is 36.2 Å². The summed E-state index contributed by atoms with van der Waals surface area (Å²) in [7, 11) is 0. The molecule has 1 heterocycles. The molecule has 0 spiro atoms. The number of amides is 1. The first-order valence-electron chi connectivity index (χ1n) is 7.30. The van der Waals surface area contributed by atoms with Crippen LogP contribution < -0.4 is 11.1 Å². The van der Waals surface area contributed by atoms with E-state index in [9.17, 15) is 9.18 Å². The minimum atomic E-state index is -0.557. The van der Waals surface area contributed by atoms with Gasteiger partial charge in [0.15, 0.2) is 0 Å². The van der Waals surface area contributed by atoms with Gasteiger partial charge in [-0.15, -0.1) is 0 Å². The summed E-state index contributed by atoms with van der Waals surface area (Å²) in [6.07, 6.45) is 3.95. The van der Waals surface area contributed by atoms with Gasteiger partial charge in [0.2, 0.25) is 0 Å². The molecule has 1 saturated carbocycles. The summed E-state index contributed by atoms with van der Waals surface area (Å²) in [5.41, 5.74) is 6.12. The molecule has 1 amide bonds. The van der Waals surface area contributed by atoms with Crippen molar-refractivity contribution in [3.05, 3.63) is 23.6 Å². The Bertz CT molecular complexity index is 538. The summed E-state index contributed by atoms with van der Waals surface area (Å²) >= 11 is 0. The highest BCUT2D eigenvalue weighted by Crippen LogP contribution is 2.45. The van der Waals surface area contributed by atoms with Gasteiger partial charge < -0.3 is 11.1 Å². The quantitative estimate of drug-likeness (QED) is 0.880. The molecule has 21 heavy (non-hydrogen) atoms. The molecule has 0 aliphatic heterocycles. The van der Waals surface area contributed by atoms with Crippen LogP contribution in [-0.4, -0.2) is 16.9 Å². The normalized spacial score (nSPS) is 21.0. The highest BCUT2D eigenvalue weighted by atomic mass is 19.1. The van der Waals surface area contributed by atoms with Gasteiger partial charge in [0.1, 0.15) is 11.6 Å². The van der Waals surface area contributed by atoms with E-state index in [4.69, 9.17) is 5.73 Å². The molecule has 116 valence electrons. The van der Waals surface area contributed by atoms with Crippen molar-refractivity contribution in [3.63, 3.8) is 0 Å². The van der Waals surface area contributed by atoms with Crippen LogP contribution in [0, 0.1) is 16.6 Å². The Balaban J connectivity index is 2.14. The number of pyridine rings is 1. The number of rotatable bonds is 2. The predicted molar refractivity (Wildman–Crippen MR) is 81.3 cm³/mol. The summed E-state index contributed by atoms with van der Waals surface area (Å²) in [5, 5.41) is 2.99. The van der Waals surface area contributed by atoms with Gasteiger partial charge in [0, 0.05) is 6.04 Å². The fourth-order valence-electron chi connectivity index (χ4n) is 3.84. The number of hydrogen-bond donors (Lipinski definition) is 2. The number of carbonyl (C=O) groups excluding carboxylic acids is 1. The molecule has 0 unspecified atom stereocenters. The summed E-state index contributed by atoms with van der Waals surface area (Å²) in [6.45, 7) is 8.85. The standard InChI is InChI=1S/C16H24FN3O/c1-15(2)6-11(7-16(3,4)9-15)20-14(21)12-5-10(17)8-19-13(12)18/h5,8,11H,6-7,9H2,1-4H3,(H2,18,19)(H,20,21). The molecule has 1 fully saturated rings. The van der Waals surface area contributed by atoms with Crippen molar-refractivity contribution in [2.24, 2.45) is 10.8 Å². The SMILES string of the molecule is CC1(C)CC(NC(=O)c2cc(F)cnc2N)CC(C)(C)C1. The zero-order chi connectivity index (χ0) is 15.8. The Morgan fingerprint density at radius 3 is 2.48 bits per heavy atom. The number of anilines is 1. The van der Waals surface area contributed by atoms with Crippen LogP contribution in [0.1, 0.15) is 57.3 Å². The molecule has 0 atom stereocenters. The lowest BCUT2D eigenvalue weighted by Crippen LogP contribution is -2.46. The molecular formula is C16H24FN3O. The number of nitrogens with one attached hydrogen (secondary N) is 1. The van der Waals surface area contributed by atoms with Crippen molar-refractivity contribution in [2.45, 2.75) is 53.0 Å². The van der Waals surface area contributed by atoms with Crippen LogP contribution in [0.4, 0.5) is 10.2 Å². The summed E-state index contributed by atoms with van der Waals surface area (Å²) < 4.78 is 13.2. The first kappa shape index (κ1) is 15.7. The Morgan fingerprint density at radius 2 is 1.90 bits per heavy atom. The summed E-state index contributed by atoms with van der Waals surface area (Å²) in [5.74, 6) is -0.847. The van der Waals surface area contributed by atoms with E-state index >= 15 is 0 Å². The van der Waals surface area contributed by atoms with Crippen molar-refractivity contribution < 1.29 is 9.18 Å². The molecule has 0 aromatic carbocycles. The molecule has 4 nitrogen and oxygen atoms in total. The van der Waals surface area contributed by atoms with E-state index in [-0.39, 0.29) is 34.2 Å². The summed E-state index contributed by atoms with van der Waals surface area (Å²) in [4.78, 5) is 16.0.